The van der Waals surface area contributed by atoms with Crippen molar-refractivity contribution in [1.29, 1.82) is 0 Å². The van der Waals surface area contributed by atoms with Gasteiger partial charge in [-0.15, -0.1) is 0 Å². The summed E-state index contributed by atoms with van der Waals surface area (Å²) in [7, 11) is 6.51. The molecule has 4 amide bonds. The summed E-state index contributed by atoms with van der Waals surface area (Å²) in [6, 6.07) is 8.69. The lowest BCUT2D eigenvalue weighted by Crippen LogP contribution is -2.52. The van der Waals surface area contributed by atoms with Gasteiger partial charge in [0.25, 0.3) is 0 Å². The van der Waals surface area contributed by atoms with Crippen molar-refractivity contribution < 1.29 is 33.3 Å². The number of hydrogen-bond donors (Lipinski definition) is 0. The molecular weight excluding hydrogens is 554 g/mol. The zero-order valence-corrected chi connectivity index (χ0v) is 25.6. The van der Waals surface area contributed by atoms with Crippen LogP contribution in [-0.2, 0) is 36.2 Å². The summed E-state index contributed by atoms with van der Waals surface area (Å²) in [6.07, 6.45) is 1.40. The van der Waals surface area contributed by atoms with Gasteiger partial charge < -0.3 is 23.5 Å². The van der Waals surface area contributed by atoms with Crippen molar-refractivity contribution in [2.75, 3.05) is 32.8 Å². The SMILES string of the molecule is COc1ccc(CN2C(=O)CCN(c3cnc(-c4cc5c(c(OC)c4)CN(C(=O)OC(C)(C)C)C5)n3C)C2=O)c(OC)c1. The van der Waals surface area contributed by atoms with E-state index in [4.69, 9.17) is 18.9 Å². The second-order valence-corrected chi connectivity index (χ2v) is 11.5. The number of ether oxygens (including phenoxy) is 4. The monoisotopic (exact) mass is 591 g/mol. The summed E-state index contributed by atoms with van der Waals surface area (Å²) < 4.78 is 23.8. The van der Waals surface area contributed by atoms with Gasteiger partial charge in [-0.25, -0.2) is 14.6 Å². The van der Waals surface area contributed by atoms with Gasteiger partial charge in [-0.05, 0) is 50.6 Å². The number of imide groups is 1. The minimum absolute atomic E-state index is 0.0578. The Morgan fingerprint density at radius 3 is 2.40 bits per heavy atom. The smallest absolute Gasteiger partial charge is 0.410 e. The average Bonchev–Trinajstić information content (AvgIpc) is 3.57. The van der Waals surface area contributed by atoms with Crippen LogP contribution in [0.2, 0.25) is 0 Å². The molecule has 2 aromatic carbocycles. The predicted molar refractivity (Wildman–Crippen MR) is 158 cm³/mol. The molecule has 43 heavy (non-hydrogen) atoms. The maximum Gasteiger partial charge on any atom is 0.410 e. The van der Waals surface area contributed by atoms with Crippen molar-refractivity contribution in [1.82, 2.24) is 19.4 Å². The number of rotatable bonds is 7. The molecule has 12 nitrogen and oxygen atoms in total. The summed E-state index contributed by atoms with van der Waals surface area (Å²) in [5.41, 5.74) is 2.71. The first-order valence-electron chi connectivity index (χ1n) is 14.0. The van der Waals surface area contributed by atoms with Crippen LogP contribution in [0.4, 0.5) is 15.4 Å². The van der Waals surface area contributed by atoms with Gasteiger partial charge in [0.05, 0.1) is 40.6 Å². The molecule has 1 fully saturated rings. The van der Waals surface area contributed by atoms with Gasteiger partial charge in [-0.2, -0.15) is 0 Å². The van der Waals surface area contributed by atoms with Crippen molar-refractivity contribution in [3.05, 3.63) is 53.2 Å². The van der Waals surface area contributed by atoms with E-state index < -0.39 is 11.6 Å². The number of amides is 4. The quantitative estimate of drug-likeness (QED) is 0.388. The van der Waals surface area contributed by atoms with Crippen LogP contribution in [0, 0.1) is 0 Å². The zero-order valence-electron chi connectivity index (χ0n) is 25.6. The standard InChI is InChI=1S/C31H37N5O7/c1-31(2,3)43-30(39)34-16-21-12-20(13-25(42-7)23(21)18-34)28-32-15-26(33(28)4)35-11-10-27(37)36(29(35)38)17-19-8-9-22(40-5)14-24(19)41-6/h8-9,12-15H,10-11,16-18H2,1-7H3. The molecule has 3 heterocycles. The van der Waals surface area contributed by atoms with Crippen molar-refractivity contribution >= 4 is 23.8 Å². The van der Waals surface area contributed by atoms with Gasteiger partial charge >= 0.3 is 12.1 Å². The van der Waals surface area contributed by atoms with Crippen LogP contribution < -0.4 is 19.1 Å². The zero-order chi connectivity index (χ0) is 31.1. The predicted octanol–water partition coefficient (Wildman–Crippen LogP) is 4.72. The Morgan fingerprint density at radius 1 is 0.977 bits per heavy atom. The third-order valence-corrected chi connectivity index (χ3v) is 7.52. The Morgan fingerprint density at radius 2 is 1.72 bits per heavy atom. The fourth-order valence-electron chi connectivity index (χ4n) is 5.37. The van der Waals surface area contributed by atoms with Gasteiger partial charge in [0.15, 0.2) is 0 Å². The van der Waals surface area contributed by atoms with Crippen LogP contribution in [0.25, 0.3) is 11.4 Å². The number of imidazole rings is 1. The van der Waals surface area contributed by atoms with E-state index in [2.05, 4.69) is 4.98 Å². The van der Waals surface area contributed by atoms with Crippen molar-refractivity contribution in [3.63, 3.8) is 0 Å². The fourth-order valence-corrected chi connectivity index (χ4v) is 5.37. The Labute approximate surface area is 250 Å². The van der Waals surface area contributed by atoms with E-state index in [0.717, 1.165) is 16.7 Å². The van der Waals surface area contributed by atoms with E-state index in [9.17, 15) is 14.4 Å². The second-order valence-electron chi connectivity index (χ2n) is 11.5. The molecule has 0 saturated carbocycles. The number of aromatic nitrogens is 2. The first-order valence-corrected chi connectivity index (χ1v) is 14.0. The van der Waals surface area contributed by atoms with E-state index in [0.29, 0.717) is 47.5 Å². The molecule has 0 radical (unpaired) electrons. The summed E-state index contributed by atoms with van der Waals surface area (Å²) in [6.45, 7) is 6.55. The highest BCUT2D eigenvalue weighted by Gasteiger charge is 2.36. The molecule has 3 aromatic rings. The fraction of sp³-hybridized carbons (Fsp3) is 0.419. The number of methoxy groups -OCH3 is 3. The average molecular weight is 592 g/mol. The van der Waals surface area contributed by atoms with Gasteiger partial charge in [-0.1, -0.05) is 0 Å². The Hall–Kier alpha value is -4.74. The number of carbonyl (C=O) groups is 3. The maximum atomic E-state index is 13.7. The van der Waals surface area contributed by atoms with Crippen LogP contribution in [0.3, 0.4) is 0 Å². The summed E-state index contributed by atoms with van der Waals surface area (Å²) >= 11 is 0. The molecule has 0 spiro atoms. The van der Waals surface area contributed by atoms with Gasteiger partial charge in [0, 0.05) is 49.3 Å². The molecule has 0 N–H and O–H groups in total. The summed E-state index contributed by atoms with van der Waals surface area (Å²) in [5.74, 6) is 2.67. The lowest BCUT2D eigenvalue weighted by atomic mass is 10.0. The number of anilines is 1. The van der Waals surface area contributed by atoms with Crippen molar-refractivity contribution in [3.8, 4) is 28.6 Å². The molecule has 12 heteroatoms. The number of nitrogens with zero attached hydrogens (tertiary/aromatic N) is 5. The van der Waals surface area contributed by atoms with Gasteiger partial charge in [0.1, 0.15) is 34.5 Å². The molecule has 0 unspecified atom stereocenters. The minimum atomic E-state index is -0.600. The van der Waals surface area contributed by atoms with Crippen LogP contribution in [0.1, 0.15) is 43.9 Å². The van der Waals surface area contributed by atoms with Crippen LogP contribution in [0.15, 0.2) is 36.5 Å². The van der Waals surface area contributed by atoms with Crippen LogP contribution in [-0.4, -0.2) is 70.9 Å². The van der Waals surface area contributed by atoms with Gasteiger partial charge in [-0.3, -0.25) is 19.5 Å². The third kappa shape index (κ3) is 5.81. The van der Waals surface area contributed by atoms with Crippen LogP contribution in [0.5, 0.6) is 17.2 Å². The molecule has 0 aliphatic carbocycles. The second kappa shape index (κ2) is 11.5. The van der Waals surface area contributed by atoms with Crippen LogP contribution >= 0.6 is 0 Å². The van der Waals surface area contributed by atoms with Crippen molar-refractivity contribution in [2.45, 2.75) is 52.4 Å². The lowest BCUT2D eigenvalue weighted by Gasteiger charge is -2.34. The third-order valence-electron chi connectivity index (χ3n) is 7.52. The summed E-state index contributed by atoms with van der Waals surface area (Å²) in [4.78, 5) is 48.4. The first-order chi connectivity index (χ1) is 20.4. The number of carbonyl (C=O) groups excluding carboxylic acids is 3. The molecule has 228 valence electrons. The highest BCUT2D eigenvalue weighted by molar-refractivity contribution is 6.05. The minimum Gasteiger partial charge on any atom is -0.497 e. The molecule has 2 aliphatic heterocycles. The van der Waals surface area contributed by atoms with Gasteiger partial charge in [0.2, 0.25) is 5.91 Å². The summed E-state index contributed by atoms with van der Waals surface area (Å²) in [5, 5.41) is 0. The highest BCUT2D eigenvalue weighted by Crippen LogP contribution is 2.37. The Balaban J connectivity index is 1.40. The largest absolute Gasteiger partial charge is 0.497 e. The van der Waals surface area contributed by atoms with E-state index in [-0.39, 0.29) is 31.5 Å². The molecule has 0 atom stereocenters. The number of urea groups is 1. The van der Waals surface area contributed by atoms with E-state index in [1.54, 1.807) is 48.4 Å². The normalized spacial score (nSPS) is 15.1. The molecule has 2 aliphatic rings. The van der Waals surface area contributed by atoms with E-state index in [1.165, 1.54) is 12.0 Å². The Kier molecular flexibility index (Phi) is 7.96. The molecule has 1 aromatic heterocycles. The van der Waals surface area contributed by atoms with Crippen molar-refractivity contribution in [2.24, 2.45) is 7.05 Å². The van der Waals surface area contributed by atoms with E-state index >= 15 is 0 Å². The maximum absolute atomic E-state index is 13.7. The number of fused-ring (bicyclic) bond motifs is 1. The number of benzene rings is 2. The lowest BCUT2D eigenvalue weighted by molar-refractivity contribution is -0.129. The molecule has 0 bridgehead atoms. The Bertz CT molecular complexity index is 1580. The van der Waals surface area contributed by atoms with E-state index in [1.807, 2.05) is 44.5 Å². The molecule has 1 saturated heterocycles. The first kappa shape index (κ1) is 29.7. The topological polar surface area (TPSA) is 116 Å². The number of hydrogen-bond acceptors (Lipinski definition) is 8. The molecule has 5 rings (SSSR count). The molecular formula is C31H37N5O7. The highest BCUT2D eigenvalue weighted by atomic mass is 16.6.